The first-order valence-corrected chi connectivity index (χ1v) is 28.4. The van der Waals surface area contributed by atoms with Gasteiger partial charge in [0.1, 0.15) is 53.5 Å². The molecule has 83 heavy (non-hydrogen) atoms. The number of unbranched alkanes of at least 4 members (excludes halogenated alkanes) is 1. The lowest BCUT2D eigenvalue weighted by Crippen LogP contribution is -2.59. The minimum Gasteiger partial charge on any atom is -0.508 e. The standard InChI is InChI=1S/C62H82N10O11/c1-9-10-20-50(69-60(79)52(29-40-17-12-11-13-18-40)68-55(74)35-66-56(75)39(6)67-57(76)48(63)32-47-37(4)25-43(73)26-38(47)5)62(81)72-23-16-22-54(72)61(80)71-51(24-36(2)3)59(78)70-53(30-42-34-64-49-21-15-14-19-46(42)49)58(77)65-33-41-27-44(82-7)31-45(28-41)83-8/h11-15,17-19,21,25-28,31,34,36,39,48,50-54,64,73H,9-10,16,20,22-24,29-30,32-33,35,63H2,1-8H3,(H,65,77)(H,66,75)(H,67,76)(H,68,74)(H,69,79)(H,70,78)(H,71,80)/t39-,48+,50+,51+,52+,53+,54+/m1/s1. The third-order valence-electron chi connectivity index (χ3n) is 14.8. The van der Waals surface area contributed by atoms with E-state index in [1.54, 1.807) is 80.7 Å². The zero-order chi connectivity index (χ0) is 60.3. The highest BCUT2D eigenvalue weighted by Gasteiger charge is 2.40. The monoisotopic (exact) mass is 1140 g/mol. The van der Waals surface area contributed by atoms with Gasteiger partial charge in [0.15, 0.2) is 0 Å². The van der Waals surface area contributed by atoms with Crippen LogP contribution in [-0.2, 0) is 64.2 Å². The molecule has 21 heteroatoms. The van der Waals surface area contributed by atoms with Gasteiger partial charge in [0.25, 0.3) is 0 Å². The van der Waals surface area contributed by atoms with Crippen molar-refractivity contribution in [3.63, 3.8) is 0 Å². The maximum Gasteiger partial charge on any atom is 0.245 e. The molecule has 1 fully saturated rings. The van der Waals surface area contributed by atoms with E-state index in [0.717, 1.165) is 33.2 Å². The quantitative estimate of drug-likeness (QED) is 0.0326. The van der Waals surface area contributed by atoms with Crippen LogP contribution in [0.25, 0.3) is 10.9 Å². The number of benzene rings is 4. The van der Waals surface area contributed by atoms with E-state index in [-0.39, 0.29) is 63.3 Å². The number of ether oxygens (including phenoxy) is 2. The van der Waals surface area contributed by atoms with Crippen LogP contribution in [0.2, 0.25) is 0 Å². The summed E-state index contributed by atoms with van der Waals surface area (Å²) < 4.78 is 10.8. The molecule has 6 rings (SSSR count). The van der Waals surface area contributed by atoms with Crippen molar-refractivity contribution in [2.24, 2.45) is 11.7 Å². The van der Waals surface area contributed by atoms with Gasteiger partial charge in [-0.05, 0) is 123 Å². The number of aromatic amines is 1. The Kier molecular flexibility index (Phi) is 23.5. The predicted octanol–water partition coefficient (Wildman–Crippen LogP) is 3.97. The molecule has 0 bridgehead atoms. The van der Waals surface area contributed by atoms with Crippen molar-refractivity contribution in [1.29, 1.82) is 0 Å². The van der Waals surface area contributed by atoms with Crippen molar-refractivity contribution in [1.82, 2.24) is 47.1 Å². The number of amides is 8. The highest BCUT2D eigenvalue weighted by atomic mass is 16.5. The van der Waals surface area contributed by atoms with Crippen LogP contribution in [0.5, 0.6) is 17.2 Å². The largest absolute Gasteiger partial charge is 0.508 e. The number of carbonyl (C=O) groups excluding carboxylic acids is 8. The molecule has 1 aromatic heterocycles. The fraction of sp³-hybridized carbons (Fsp3) is 0.452. The first kappa shape index (κ1) is 63.7. The van der Waals surface area contributed by atoms with Crippen LogP contribution in [-0.4, -0.2) is 132 Å². The van der Waals surface area contributed by atoms with Crippen molar-refractivity contribution < 1.29 is 52.9 Å². The number of para-hydroxylation sites is 1. The Morgan fingerprint density at radius 2 is 1.34 bits per heavy atom. The van der Waals surface area contributed by atoms with Gasteiger partial charge >= 0.3 is 0 Å². The molecular formula is C62H82N10O11. The molecule has 0 spiro atoms. The number of rotatable bonds is 29. The van der Waals surface area contributed by atoms with E-state index in [1.165, 1.54) is 26.0 Å². The molecule has 8 amide bonds. The summed E-state index contributed by atoms with van der Waals surface area (Å²) in [7, 11) is 3.06. The number of nitrogens with two attached hydrogens (primary N) is 1. The SMILES string of the molecule is CCCC[C@H](NC(=O)[C@H](Cc1ccccc1)NC(=O)CNC(=O)[C@@H](C)NC(=O)[C@@H](N)Cc1c(C)cc(O)cc1C)C(=O)N1CCC[C@H]1C(=O)N[C@@H](CC(C)C)C(=O)N[C@@H](Cc1c[nH]c2ccccc12)C(=O)NCc1cc(OC)cc(OC)c1. The average Bonchev–Trinajstić information content (AvgIpc) is 4.35. The molecule has 0 saturated carbocycles. The van der Waals surface area contributed by atoms with Gasteiger partial charge in [-0.25, -0.2) is 0 Å². The molecule has 0 radical (unpaired) electrons. The Labute approximate surface area is 485 Å². The van der Waals surface area contributed by atoms with E-state index in [0.29, 0.717) is 41.9 Å². The molecule has 1 aliphatic heterocycles. The Morgan fingerprint density at radius 3 is 2.00 bits per heavy atom. The van der Waals surface area contributed by atoms with Gasteiger partial charge in [0.05, 0.1) is 26.8 Å². The fourth-order valence-electron chi connectivity index (χ4n) is 10.3. The van der Waals surface area contributed by atoms with Gasteiger partial charge in [-0.1, -0.05) is 82.1 Å². The molecule has 21 nitrogen and oxygen atoms in total. The van der Waals surface area contributed by atoms with Gasteiger partial charge in [-0.15, -0.1) is 0 Å². The summed E-state index contributed by atoms with van der Waals surface area (Å²) in [6.07, 6.45) is 4.52. The molecule has 11 N–H and O–H groups in total. The summed E-state index contributed by atoms with van der Waals surface area (Å²) in [5, 5.41) is 30.3. The Hall–Kier alpha value is -8.46. The molecule has 4 aromatic carbocycles. The summed E-state index contributed by atoms with van der Waals surface area (Å²) >= 11 is 0. The minimum absolute atomic E-state index is 0.0290. The fourth-order valence-corrected chi connectivity index (χ4v) is 10.3. The van der Waals surface area contributed by atoms with Crippen molar-refractivity contribution in [3.05, 3.63) is 125 Å². The van der Waals surface area contributed by atoms with Crippen LogP contribution in [0.1, 0.15) is 99.6 Å². The molecule has 446 valence electrons. The number of phenols is 1. The van der Waals surface area contributed by atoms with Crippen LogP contribution in [0.4, 0.5) is 0 Å². The van der Waals surface area contributed by atoms with Gasteiger partial charge in [-0.2, -0.15) is 0 Å². The molecule has 0 unspecified atom stereocenters. The highest BCUT2D eigenvalue weighted by molar-refractivity contribution is 5.98. The minimum atomic E-state index is -1.21. The number of methoxy groups -OCH3 is 2. The number of likely N-dealkylation sites (tertiary alicyclic amines) is 1. The Balaban J connectivity index is 1.12. The maximum absolute atomic E-state index is 14.7. The molecule has 1 saturated heterocycles. The summed E-state index contributed by atoms with van der Waals surface area (Å²) in [6, 6.07) is 17.4. The number of nitrogens with zero attached hydrogens (tertiary/aromatic N) is 1. The van der Waals surface area contributed by atoms with Gasteiger partial charge in [0.2, 0.25) is 47.3 Å². The zero-order valence-corrected chi connectivity index (χ0v) is 48.8. The molecule has 7 atom stereocenters. The van der Waals surface area contributed by atoms with Crippen LogP contribution >= 0.6 is 0 Å². The molecule has 0 aliphatic carbocycles. The number of aryl methyl sites for hydroxylation is 2. The highest BCUT2D eigenvalue weighted by Crippen LogP contribution is 2.25. The van der Waals surface area contributed by atoms with Crippen molar-refractivity contribution in [2.45, 2.75) is 148 Å². The third-order valence-corrected chi connectivity index (χ3v) is 14.8. The van der Waals surface area contributed by atoms with Crippen molar-refractivity contribution in [2.75, 3.05) is 27.3 Å². The number of hydrogen-bond acceptors (Lipinski definition) is 12. The second kappa shape index (κ2) is 30.6. The normalized spacial score (nSPS) is 15.2. The van der Waals surface area contributed by atoms with Crippen LogP contribution in [0.3, 0.4) is 0 Å². The summed E-state index contributed by atoms with van der Waals surface area (Å²) in [5.41, 5.74) is 11.6. The molecule has 2 heterocycles. The van der Waals surface area contributed by atoms with E-state index in [2.05, 4.69) is 42.2 Å². The van der Waals surface area contributed by atoms with E-state index in [4.69, 9.17) is 15.2 Å². The number of hydrogen-bond donors (Lipinski definition) is 10. The summed E-state index contributed by atoms with van der Waals surface area (Å²) in [6.45, 7) is 10.5. The number of aromatic hydroxyl groups is 1. The van der Waals surface area contributed by atoms with E-state index in [1.807, 2.05) is 45.0 Å². The smallest absolute Gasteiger partial charge is 0.245 e. The lowest BCUT2D eigenvalue weighted by atomic mass is 9.96. The number of aromatic nitrogens is 1. The summed E-state index contributed by atoms with van der Waals surface area (Å²) in [4.78, 5) is 117. The van der Waals surface area contributed by atoms with Crippen molar-refractivity contribution >= 4 is 58.2 Å². The lowest BCUT2D eigenvalue weighted by molar-refractivity contribution is -0.142. The number of fused-ring (bicyclic) bond motifs is 1. The lowest BCUT2D eigenvalue weighted by Gasteiger charge is -2.31. The second-order valence-corrected chi connectivity index (χ2v) is 21.8. The maximum atomic E-state index is 14.7. The molecule has 5 aromatic rings. The second-order valence-electron chi connectivity index (χ2n) is 21.8. The van der Waals surface area contributed by atoms with Crippen LogP contribution in [0, 0.1) is 19.8 Å². The van der Waals surface area contributed by atoms with Crippen LogP contribution in [0.15, 0.2) is 91.1 Å². The van der Waals surface area contributed by atoms with Crippen molar-refractivity contribution in [3.8, 4) is 17.2 Å². The van der Waals surface area contributed by atoms with Crippen LogP contribution < -0.4 is 52.4 Å². The van der Waals surface area contributed by atoms with Gasteiger partial charge < -0.3 is 67.4 Å². The Morgan fingerprint density at radius 1 is 0.699 bits per heavy atom. The molecular weight excluding hydrogens is 1060 g/mol. The first-order valence-electron chi connectivity index (χ1n) is 28.4. The zero-order valence-electron chi connectivity index (χ0n) is 48.8. The predicted molar refractivity (Wildman–Crippen MR) is 315 cm³/mol. The van der Waals surface area contributed by atoms with E-state index in [9.17, 15) is 43.5 Å². The molecule has 1 aliphatic rings. The topological polar surface area (TPSA) is 305 Å². The van der Waals surface area contributed by atoms with Gasteiger partial charge in [-0.3, -0.25) is 38.4 Å². The van der Waals surface area contributed by atoms with E-state index < -0.39 is 96.1 Å². The Bertz CT molecular complexity index is 3030. The number of carbonyl (C=O) groups is 8. The summed E-state index contributed by atoms with van der Waals surface area (Å²) in [5.74, 6) is -3.67. The third kappa shape index (κ3) is 18.3. The average molecular weight is 1140 g/mol. The first-order chi connectivity index (χ1) is 39.7. The van der Waals surface area contributed by atoms with E-state index >= 15 is 0 Å². The number of phenolic OH excluding ortho intramolecular Hbond substituents is 1. The number of H-pyrrole nitrogens is 1. The number of nitrogens with one attached hydrogen (secondary N) is 8. The van der Waals surface area contributed by atoms with Gasteiger partial charge in [0, 0.05) is 49.1 Å².